The Balaban J connectivity index is 1.16. The van der Waals surface area contributed by atoms with Gasteiger partial charge in [0.15, 0.2) is 6.61 Å². The second-order valence-electron chi connectivity index (χ2n) is 10.2. The van der Waals surface area contributed by atoms with Crippen LogP contribution in [0.1, 0.15) is 28.8 Å². The lowest BCUT2D eigenvalue weighted by Gasteiger charge is -2.29. The highest BCUT2D eigenvalue weighted by Crippen LogP contribution is 2.32. The zero-order chi connectivity index (χ0) is 31.6. The number of aliphatic hydroxyl groups is 1. The minimum Gasteiger partial charge on any atom is -0.453 e. The maximum atomic E-state index is 13.3. The lowest BCUT2D eigenvalue weighted by molar-refractivity contribution is -0.137. The molecule has 1 aromatic heterocycles. The molecule has 1 saturated heterocycles. The molecule has 3 aromatic rings. The molecule has 45 heavy (non-hydrogen) atoms. The maximum absolute atomic E-state index is 13.3. The quantitative estimate of drug-likeness (QED) is 0.0992. The van der Waals surface area contributed by atoms with E-state index in [1.165, 1.54) is 4.90 Å². The number of imide groups is 1. The molecule has 0 bridgehead atoms. The molecule has 2 aliphatic rings. The largest absolute Gasteiger partial charge is 0.453 e. The van der Waals surface area contributed by atoms with Gasteiger partial charge in [0.1, 0.15) is 18.7 Å². The second-order valence-corrected chi connectivity index (χ2v) is 10.2. The Labute approximate surface area is 258 Å². The molecule has 15 nitrogen and oxygen atoms in total. The van der Waals surface area contributed by atoms with Gasteiger partial charge in [-0.05, 0) is 36.2 Å². The van der Waals surface area contributed by atoms with Gasteiger partial charge in [0.05, 0.1) is 38.6 Å². The number of amides is 4. The SMILES string of the molecule is O=C(COc1nc(Nc2ccc3c(c2)C(=O)N(C2CCC(=O)NC2=O)C3)c2ccccc2n1)NCCOCCOCCOCO. The van der Waals surface area contributed by atoms with Gasteiger partial charge in [0, 0.05) is 36.1 Å². The summed E-state index contributed by atoms with van der Waals surface area (Å²) in [6.07, 6.45) is 0.473. The summed E-state index contributed by atoms with van der Waals surface area (Å²) in [5, 5.41) is 17.5. The predicted octanol–water partition coefficient (Wildman–Crippen LogP) is 0.629. The van der Waals surface area contributed by atoms with E-state index in [1.54, 1.807) is 12.1 Å². The molecular formula is C30H34N6O9. The van der Waals surface area contributed by atoms with Gasteiger partial charge in [-0.15, -0.1) is 0 Å². The van der Waals surface area contributed by atoms with Crippen molar-refractivity contribution in [3.8, 4) is 6.01 Å². The number of aromatic nitrogens is 2. The third-order valence-electron chi connectivity index (χ3n) is 7.11. The van der Waals surface area contributed by atoms with Crippen LogP contribution in [-0.4, -0.2) is 103 Å². The molecule has 3 heterocycles. The molecule has 4 amide bonds. The van der Waals surface area contributed by atoms with E-state index in [0.717, 1.165) is 5.56 Å². The highest BCUT2D eigenvalue weighted by atomic mass is 16.6. The normalized spacial score (nSPS) is 16.1. The smallest absolute Gasteiger partial charge is 0.319 e. The van der Waals surface area contributed by atoms with Gasteiger partial charge in [-0.3, -0.25) is 24.5 Å². The first-order valence-electron chi connectivity index (χ1n) is 14.5. The molecule has 2 aliphatic heterocycles. The van der Waals surface area contributed by atoms with Crippen LogP contribution in [0.5, 0.6) is 6.01 Å². The van der Waals surface area contributed by atoms with Crippen molar-refractivity contribution in [2.75, 3.05) is 58.3 Å². The Morgan fingerprint density at radius 2 is 1.78 bits per heavy atom. The number of benzene rings is 2. The Morgan fingerprint density at radius 3 is 2.58 bits per heavy atom. The third-order valence-corrected chi connectivity index (χ3v) is 7.11. The van der Waals surface area contributed by atoms with Crippen molar-refractivity contribution in [1.82, 2.24) is 25.5 Å². The van der Waals surface area contributed by atoms with E-state index in [2.05, 4.69) is 25.9 Å². The fourth-order valence-corrected chi connectivity index (χ4v) is 4.93. The van der Waals surface area contributed by atoms with Crippen LogP contribution < -0.4 is 20.7 Å². The molecule has 0 aliphatic carbocycles. The van der Waals surface area contributed by atoms with Crippen LogP contribution in [0.4, 0.5) is 11.5 Å². The monoisotopic (exact) mass is 622 g/mol. The lowest BCUT2D eigenvalue weighted by atomic mass is 10.0. The highest BCUT2D eigenvalue weighted by molar-refractivity contribution is 6.06. The summed E-state index contributed by atoms with van der Waals surface area (Å²) in [5.41, 5.74) is 2.41. The Morgan fingerprint density at radius 1 is 1.00 bits per heavy atom. The summed E-state index contributed by atoms with van der Waals surface area (Å²) in [5.74, 6) is -1.04. The number of fused-ring (bicyclic) bond motifs is 2. The third kappa shape index (κ3) is 8.27. The topological polar surface area (TPSA) is 191 Å². The number of piperidine rings is 1. The van der Waals surface area contributed by atoms with Gasteiger partial charge < -0.3 is 39.6 Å². The summed E-state index contributed by atoms with van der Waals surface area (Å²) >= 11 is 0. The number of hydrogen-bond donors (Lipinski definition) is 4. The molecule has 15 heteroatoms. The van der Waals surface area contributed by atoms with Crippen LogP contribution in [0.25, 0.3) is 10.9 Å². The summed E-state index contributed by atoms with van der Waals surface area (Å²) < 4.78 is 21.0. The molecule has 0 saturated carbocycles. The number of carbonyl (C=O) groups excluding carboxylic acids is 4. The summed E-state index contributed by atoms with van der Waals surface area (Å²) in [7, 11) is 0. The summed E-state index contributed by atoms with van der Waals surface area (Å²) in [6, 6.07) is 11.9. The van der Waals surface area contributed by atoms with Crippen molar-refractivity contribution in [2.45, 2.75) is 25.4 Å². The van der Waals surface area contributed by atoms with E-state index in [9.17, 15) is 19.2 Å². The fourth-order valence-electron chi connectivity index (χ4n) is 4.93. The Kier molecular flexibility index (Phi) is 10.8. The number of rotatable bonds is 16. The number of carbonyl (C=O) groups is 4. The van der Waals surface area contributed by atoms with Gasteiger partial charge in [0.2, 0.25) is 11.8 Å². The van der Waals surface area contributed by atoms with Crippen LogP contribution >= 0.6 is 0 Å². The average molecular weight is 623 g/mol. The van der Waals surface area contributed by atoms with Gasteiger partial charge in [-0.2, -0.15) is 9.97 Å². The van der Waals surface area contributed by atoms with Crippen LogP contribution in [0, 0.1) is 0 Å². The maximum Gasteiger partial charge on any atom is 0.319 e. The first kappa shape index (κ1) is 31.7. The zero-order valence-electron chi connectivity index (χ0n) is 24.5. The van der Waals surface area contributed by atoms with Gasteiger partial charge in [-0.1, -0.05) is 18.2 Å². The fraction of sp³-hybridized carbons (Fsp3) is 0.400. The van der Waals surface area contributed by atoms with Crippen molar-refractivity contribution in [2.24, 2.45) is 0 Å². The molecule has 0 radical (unpaired) electrons. The number of aliphatic hydroxyl groups excluding tert-OH is 1. The average Bonchev–Trinajstić information content (AvgIpc) is 3.36. The van der Waals surface area contributed by atoms with Crippen LogP contribution in [0.2, 0.25) is 0 Å². The van der Waals surface area contributed by atoms with E-state index in [4.69, 9.17) is 24.1 Å². The van der Waals surface area contributed by atoms with E-state index in [-0.39, 0.29) is 69.7 Å². The number of hydrogen-bond acceptors (Lipinski definition) is 12. The van der Waals surface area contributed by atoms with E-state index in [0.29, 0.717) is 54.4 Å². The molecular weight excluding hydrogens is 588 g/mol. The van der Waals surface area contributed by atoms with Crippen molar-refractivity contribution >= 4 is 46.0 Å². The molecule has 238 valence electrons. The summed E-state index contributed by atoms with van der Waals surface area (Å²) in [4.78, 5) is 59.9. The predicted molar refractivity (Wildman–Crippen MR) is 158 cm³/mol. The number of nitrogens with one attached hydrogen (secondary N) is 3. The number of ether oxygens (including phenoxy) is 4. The summed E-state index contributed by atoms with van der Waals surface area (Å²) in [6.45, 7) is 1.55. The zero-order valence-corrected chi connectivity index (χ0v) is 24.5. The number of para-hydroxylation sites is 1. The molecule has 5 rings (SSSR count). The van der Waals surface area contributed by atoms with E-state index >= 15 is 0 Å². The number of nitrogens with zero attached hydrogens (tertiary/aromatic N) is 3. The van der Waals surface area contributed by atoms with E-state index in [1.807, 2.05) is 30.3 Å². The minimum absolute atomic E-state index is 0.00815. The number of anilines is 2. The molecule has 1 unspecified atom stereocenters. The molecule has 1 atom stereocenters. The van der Waals surface area contributed by atoms with E-state index < -0.39 is 11.9 Å². The van der Waals surface area contributed by atoms with Gasteiger partial charge in [-0.25, -0.2) is 0 Å². The first-order valence-corrected chi connectivity index (χ1v) is 14.5. The Bertz CT molecular complexity index is 1550. The van der Waals surface area contributed by atoms with Crippen molar-refractivity contribution in [1.29, 1.82) is 0 Å². The lowest BCUT2D eigenvalue weighted by Crippen LogP contribution is -2.52. The van der Waals surface area contributed by atoms with Crippen LogP contribution in [-0.2, 0) is 35.1 Å². The van der Waals surface area contributed by atoms with Gasteiger partial charge >= 0.3 is 6.01 Å². The molecule has 1 fully saturated rings. The first-order chi connectivity index (χ1) is 21.9. The molecule has 0 spiro atoms. The van der Waals surface area contributed by atoms with Crippen molar-refractivity contribution < 1.29 is 43.2 Å². The minimum atomic E-state index is -0.696. The molecule has 2 aromatic carbocycles. The standard InChI is InChI=1S/C30H34N6O9/c37-18-44-14-13-43-12-11-42-10-9-31-26(39)17-45-30-33-23-4-2-1-3-21(23)27(35-30)32-20-6-5-19-16-36(29(41)22(19)15-20)24-7-8-25(38)34-28(24)40/h1-6,15,24,37H,7-14,16-18H2,(H,31,39)(H,32,33,35)(H,34,38,40). The van der Waals surface area contributed by atoms with Crippen LogP contribution in [0.15, 0.2) is 42.5 Å². The van der Waals surface area contributed by atoms with Crippen LogP contribution in [0.3, 0.4) is 0 Å². The van der Waals surface area contributed by atoms with Crippen molar-refractivity contribution in [3.05, 3.63) is 53.6 Å². The van der Waals surface area contributed by atoms with Crippen molar-refractivity contribution in [3.63, 3.8) is 0 Å². The molecule has 4 N–H and O–H groups in total. The second kappa shape index (κ2) is 15.3. The van der Waals surface area contributed by atoms with Gasteiger partial charge in [0.25, 0.3) is 11.8 Å². The Hall–Kier alpha value is -4.70. The highest BCUT2D eigenvalue weighted by Gasteiger charge is 2.39.